The number of rotatable bonds is 3. The molecule has 0 radical (unpaired) electrons. The van der Waals surface area contributed by atoms with Gasteiger partial charge in [0.2, 0.25) is 5.43 Å². The molecule has 0 atom stereocenters. The van der Waals surface area contributed by atoms with Gasteiger partial charge < -0.3 is 19.9 Å². The van der Waals surface area contributed by atoms with Gasteiger partial charge in [0.05, 0.1) is 11.2 Å². The fourth-order valence-corrected chi connectivity index (χ4v) is 3.67. The number of pyridine rings is 1. The molecule has 1 fully saturated rings. The van der Waals surface area contributed by atoms with Gasteiger partial charge >= 0.3 is 5.97 Å². The van der Waals surface area contributed by atoms with E-state index in [4.69, 9.17) is 0 Å². The van der Waals surface area contributed by atoms with Crippen molar-refractivity contribution in [3.05, 3.63) is 69.8 Å². The van der Waals surface area contributed by atoms with Crippen molar-refractivity contribution in [3.8, 4) is 5.69 Å². The molecule has 0 amide bonds. The van der Waals surface area contributed by atoms with Crippen molar-refractivity contribution in [1.29, 1.82) is 0 Å². The third-order valence-corrected chi connectivity index (χ3v) is 5.14. The summed E-state index contributed by atoms with van der Waals surface area (Å²) in [6.07, 6.45) is 1.33. The number of nitrogens with zero attached hydrogens (tertiary/aromatic N) is 2. The lowest BCUT2D eigenvalue weighted by molar-refractivity contribution is 0.0695. The molecule has 1 saturated heterocycles. The minimum Gasteiger partial charge on any atom is -0.477 e. The summed E-state index contributed by atoms with van der Waals surface area (Å²) in [5.41, 5.74) is 1.49. The Morgan fingerprint density at radius 2 is 1.86 bits per heavy atom. The molecule has 0 saturated carbocycles. The number of para-hydroxylation sites is 1. The predicted molar refractivity (Wildman–Crippen MR) is 106 cm³/mol. The average Bonchev–Trinajstić information content (AvgIpc) is 2.69. The van der Waals surface area contributed by atoms with Crippen LogP contribution in [0.25, 0.3) is 16.6 Å². The highest BCUT2D eigenvalue weighted by atomic mass is 19.1. The van der Waals surface area contributed by atoms with Gasteiger partial charge in [-0.3, -0.25) is 4.79 Å². The molecule has 6 nitrogen and oxygen atoms in total. The van der Waals surface area contributed by atoms with Crippen LogP contribution in [-0.4, -0.2) is 41.8 Å². The summed E-state index contributed by atoms with van der Waals surface area (Å²) in [5, 5.41) is 12.8. The second-order valence-electron chi connectivity index (χ2n) is 6.89. The van der Waals surface area contributed by atoms with E-state index < -0.39 is 17.2 Å². The maximum absolute atomic E-state index is 14.9. The van der Waals surface area contributed by atoms with Crippen LogP contribution in [0.2, 0.25) is 0 Å². The minimum atomic E-state index is -1.33. The molecule has 0 bridgehead atoms. The number of carbonyl (C=O) groups is 1. The summed E-state index contributed by atoms with van der Waals surface area (Å²) in [7, 11) is 0. The Hall–Kier alpha value is -3.19. The number of aromatic nitrogens is 1. The molecule has 2 aromatic carbocycles. The Morgan fingerprint density at radius 3 is 2.54 bits per heavy atom. The number of hydrogen-bond donors (Lipinski definition) is 2. The molecule has 7 heteroatoms. The van der Waals surface area contributed by atoms with E-state index >= 15 is 0 Å². The molecule has 1 aliphatic rings. The van der Waals surface area contributed by atoms with E-state index in [9.17, 15) is 19.1 Å². The van der Waals surface area contributed by atoms with Gasteiger partial charge in [-0.05, 0) is 30.7 Å². The molecular weight excluding hydrogens is 361 g/mol. The zero-order valence-corrected chi connectivity index (χ0v) is 15.4. The molecule has 1 aromatic heterocycles. The fraction of sp³-hybridized carbons (Fsp3) is 0.238. The van der Waals surface area contributed by atoms with E-state index in [2.05, 4.69) is 5.32 Å². The van der Waals surface area contributed by atoms with Gasteiger partial charge in [0, 0.05) is 43.4 Å². The number of fused-ring (bicyclic) bond motifs is 1. The number of anilines is 1. The number of nitrogens with one attached hydrogen (secondary N) is 1. The van der Waals surface area contributed by atoms with E-state index in [-0.39, 0.29) is 10.9 Å². The van der Waals surface area contributed by atoms with Crippen LogP contribution >= 0.6 is 0 Å². The first-order valence-electron chi connectivity index (χ1n) is 9.11. The molecule has 0 spiro atoms. The zero-order chi connectivity index (χ0) is 19.8. The summed E-state index contributed by atoms with van der Waals surface area (Å²) in [5.74, 6) is -1.86. The van der Waals surface area contributed by atoms with Gasteiger partial charge in [-0.25, -0.2) is 9.18 Å². The van der Waals surface area contributed by atoms with Crippen molar-refractivity contribution in [2.45, 2.75) is 6.92 Å². The summed E-state index contributed by atoms with van der Waals surface area (Å²) < 4.78 is 16.5. The van der Waals surface area contributed by atoms with E-state index in [0.717, 1.165) is 30.4 Å². The quantitative estimate of drug-likeness (QED) is 0.729. The number of halogens is 1. The number of piperazine rings is 1. The number of hydrogen-bond acceptors (Lipinski definition) is 4. The molecule has 2 heterocycles. The van der Waals surface area contributed by atoms with Crippen LogP contribution in [-0.2, 0) is 0 Å². The third kappa shape index (κ3) is 3.03. The van der Waals surface area contributed by atoms with E-state index in [0.29, 0.717) is 24.3 Å². The van der Waals surface area contributed by atoms with Crippen LogP contribution in [0.1, 0.15) is 15.9 Å². The number of aryl methyl sites for hydroxylation is 1. The smallest absolute Gasteiger partial charge is 0.341 e. The zero-order valence-electron chi connectivity index (χ0n) is 15.4. The second-order valence-corrected chi connectivity index (χ2v) is 6.89. The fourth-order valence-electron chi connectivity index (χ4n) is 3.67. The summed E-state index contributed by atoms with van der Waals surface area (Å²) >= 11 is 0. The SMILES string of the molecule is Cc1ccccc1-n1cc(C(=O)O)c(=O)c2cc(F)c(N3CCNCC3)cc21. The van der Waals surface area contributed by atoms with Crippen LogP contribution < -0.4 is 15.6 Å². The molecule has 3 aromatic rings. The van der Waals surface area contributed by atoms with Crippen LogP contribution in [0.4, 0.5) is 10.1 Å². The molecule has 4 rings (SSSR count). The van der Waals surface area contributed by atoms with Crippen molar-refractivity contribution < 1.29 is 14.3 Å². The highest BCUT2D eigenvalue weighted by Gasteiger charge is 2.21. The first kappa shape index (κ1) is 18.2. The average molecular weight is 381 g/mol. The molecule has 0 aliphatic carbocycles. The lowest BCUT2D eigenvalue weighted by atomic mass is 10.1. The third-order valence-electron chi connectivity index (χ3n) is 5.14. The van der Waals surface area contributed by atoms with Gasteiger partial charge in [0.15, 0.2) is 0 Å². The summed E-state index contributed by atoms with van der Waals surface area (Å²) in [6.45, 7) is 4.72. The van der Waals surface area contributed by atoms with Crippen LogP contribution in [0.15, 0.2) is 47.4 Å². The predicted octanol–water partition coefficient (Wildman–Crippen LogP) is 2.55. The van der Waals surface area contributed by atoms with Crippen molar-refractivity contribution in [3.63, 3.8) is 0 Å². The van der Waals surface area contributed by atoms with E-state index in [1.165, 1.54) is 6.20 Å². The number of carboxylic acid groups (broad SMARTS) is 1. The maximum atomic E-state index is 14.9. The van der Waals surface area contributed by atoms with E-state index in [1.54, 1.807) is 10.6 Å². The highest BCUT2D eigenvalue weighted by Crippen LogP contribution is 2.28. The largest absolute Gasteiger partial charge is 0.477 e. The Morgan fingerprint density at radius 1 is 1.14 bits per heavy atom. The highest BCUT2D eigenvalue weighted by molar-refractivity contribution is 5.94. The second kappa shape index (κ2) is 7.09. The topological polar surface area (TPSA) is 74.6 Å². The number of aromatic carboxylic acids is 1. The van der Waals surface area contributed by atoms with Gasteiger partial charge in [0.25, 0.3) is 0 Å². The lowest BCUT2D eigenvalue weighted by Crippen LogP contribution is -2.43. The molecule has 0 unspecified atom stereocenters. The van der Waals surface area contributed by atoms with Crippen molar-refractivity contribution in [1.82, 2.24) is 9.88 Å². The Balaban J connectivity index is 2.05. The molecular formula is C21H20FN3O3. The number of benzene rings is 2. The molecule has 1 aliphatic heterocycles. The minimum absolute atomic E-state index is 0.0551. The Bertz CT molecular complexity index is 1130. The molecule has 28 heavy (non-hydrogen) atoms. The molecule has 2 N–H and O–H groups in total. The molecule has 144 valence electrons. The monoisotopic (exact) mass is 381 g/mol. The lowest BCUT2D eigenvalue weighted by Gasteiger charge is -2.30. The Labute approximate surface area is 160 Å². The Kier molecular flexibility index (Phi) is 4.60. The van der Waals surface area contributed by atoms with Gasteiger partial charge in [0.1, 0.15) is 11.4 Å². The maximum Gasteiger partial charge on any atom is 0.341 e. The van der Waals surface area contributed by atoms with Gasteiger partial charge in [-0.15, -0.1) is 0 Å². The van der Waals surface area contributed by atoms with Gasteiger partial charge in [-0.1, -0.05) is 18.2 Å². The van der Waals surface area contributed by atoms with Crippen molar-refractivity contribution in [2.24, 2.45) is 0 Å². The first-order chi connectivity index (χ1) is 13.5. The van der Waals surface area contributed by atoms with Crippen molar-refractivity contribution in [2.75, 3.05) is 31.1 Å². The summed E-state index contributed by atoms with van der Waals surface area (Å²) in [6, 6.07) is 10.3. The van der Waals surface area contributed by atoms with Crippen molar-refractivity contribution >= 4 is 22.6 Å². The van der Waals surface area contributed by atoms with Gasteiger partial charge in [-0.2, -0.15) is 0 Å². The first-order valence-corrected chi connectivity index (χ1v) is 9.11. The standard InChI is InChI=1S/C21H20FN3O3/c1-13-4-2-3-5-17(13)25-12-15(21(27)28)20(26)14-10-16(22)19(11-18(14)25)24-8-6-23-7-9-24/h2-5,10-12,23H,6-9H2,1H3,(H,27,28). The van der Waals surface area contributed by atoms with E-state index in [1.807, 2.05) is 36.1 Å². The number of carboxylic acids is 1. The summed E-state index contributed by atoms with van der Waals surface area (Å²) in [4.78, 5) is 26.2. The van der Waals surface area contributed by atoms with Crippen LogP contribution in [0.5, 0.6) is 0 Å². The normalized spacial score (nSPS) is 14.4. The van der Waals surface area contributed by atoms with Crippen LogP contribution in [0, 0.1) is 12.7 Å². The van der Waals surface area contributed by atoms with Crippen LogP contribution in [0.3, 0.4) is 0 Å².